The summed E-state index contributed by atoms with van der Waals surface area (Å²) in [6, 6.07) is 4.68. The fraction of sp³-hybridized carbons (Fsp3) is 0.520. The third-order valence-corrected chi connectivity index (χ3v) is 8.15. The van der Waals surface area contributed by atoms with Crippen molar-refractivity contribution in [1.82, 2.24) is 38.8 Å². The Kier molecular flexibility index (Phi) is 8.75. The fourth-order valence-corrected chi connectivity index (χ4v) is 5.71. The van der Waals surface area contributed by atoms with Crippen molar-refractivity contribution in [2.75, 3.05) is 59.7 Å². The van der Waals surface area contributed by atoms with Crippen LogP contribution in [0.4, 0.5) is 0 Å². The van der Waals surface area contributed by atoms with E-state index in [1.54, 1.807) is 13.2 Å². The van der Waals surface area contributed by atoms with E-state index in [1.807, 2.05) is 6.92 Å². The molecule has 5 rings (SSSR count). The van der Waals surface area contributed by atoms with E-state index in [1.165, 1.54) is 27.4 Å². The van der Waals surface area contributed by atoms with Gasteiger partial charge in [0.2, 0.25) is 10.0 Å². The van der Waals surface area contributed by atoms with Crippen LogP contribution in [0.15, 0.2) is 34.2 Å². The monoisotopic (exact) mass is 574 g/mol. The van der Waals surface area contributed by atoms with E-state index in [2.05, 4.69) is 24.8 Å². The van der Waals surface area contributed by atoms with Gasteiger partial charge in [-0.3, -0.25) is 9.47 Å². The topological polar surface area (TPSA) is 158 Å². The van der Waals surface area contributed by atoms with Crippen molar-refractivity contribution in [3.63, 3.8) is 0 Å². The summed E-state index contributed by atoms with van der Waals surface area (Å²) in [5.74, 6) is 0.808. The lowest BCUT2D eigenvalue weighted by Gasteiger charge is -2.26. The van der Waals surface area contributed by atoms with E-state index in [4.69, 9.17) is 19.2 Å². The van der Waals surface area contributed by atoms with Crippen molar-refractivity contribution in [2.24, 2.45) is 0 Å². The number of aromatic amines is 1. The quantitative estimate of drug-likeness (QED) is 0.220. The van der Waals surface area contributed by atoms with Crippen molar-refractivity contribution in [1.29, 1.82) is 0 Å². The minimum absolute atomic E-state index is 0.0857. The fourth-order valence-electron chi connectivity index (χ4n) is 4.61. The average molecular weight is 575 g/mol. The number of nitrogens with one attached hydrogen (secondary N) is 2. The molecule has 0 amide bonds. The molecular weight excluding hydrogens is 540 g/mol. The van der Waals surface area contributed by atoms with Crippen molar-refractivity contribution in [3.05, 3.63) is 35.0 Å². The van der Waals surface area contributed by atoms with Crippen LogP contribution in [0.2, 0.25) is 0 Å². The molecule has 3 aromatic heterocycles. The van der Waals surface area contributed by atoms with E-state index in [0.29, 0.717) is 73.3 Å². The second-order valence-electron chi connectivity index (χ2n) is 9.45. The summed E-state index contributed by atoms with van der Waals surface area (Å²) in [5.41, 5.74) is 1.24. The maximum Gasteiger partial charge on any atom is 0.337 e. The molecule has 4 heterocycles. The van der Waals surface area contributed by atoms with Gasteiger partial charge < -0.3 is 19.2 Å². The van der Waals surface area contributed by atoms with Crippen molar-refractivity contribution in [2.45, 2.75) is 31.2 Å². The van der Waals surface area contributed by atoms with Crippen LogP contribution in [0.3, 0.4) is 0 Å². The number of ether oxygens (including phenoxy) is 3. The van der Waals surface area contributed by atoms with Crippen molar-refractivity contribution < 1.29 is 22.6 Å². The molecule has 1 aliphatic heterocycles. The first-order chi connectivity index (χ1) is 19.4. The van der Waals surface area contributed by atoms with Gasteiger partial charge in [-0.25, -0.2) is 27.3 Å². The maximum atomic E-state index is 13.2. The third kappa shape index (κ3) is 5.88. The van der Waals surface area contributed by atoms with Gasteiger partial charge in [0.1, 0.15) is 23.4 Å². The molecular formula is C25H34N8O6S. The van der Waals surface area contributed by atoms with Gasteiger partial charge in [0.05, 0.1) is 43.4 Å². The molecule has 1 aromatic carbocycles. The van der Waals surface area contributed by atoms with Crippen molar-refractivity contribution >= 4 is 26.8 Å². The molecule has 15 heteroatoms. The average Bonchev–Trinajstić information content (AvgIpc) is 3.63. The molecule has 0 unspecified atom stereocenters. The summed E-state index contributed by atoms with van der Waals surface area (Å²) >= 11 is 0. The van der Waals surface area contributed by atoms with Gasteiger partial charge in [0.15, 0.2) is 11.3 Å². The lowest BCUT2D eigenvalue weighted by Crippen LogP contribution is -2.38. The lowest BCUT2D eigenvalue weighted by atomic mass is 10.2. The molecule has 0 bridgehead atoms. The Morgan fingerprint density at radius 2 is 1.98 bits per heavy atom. The molecule has 0 atom stereocenters. The highest BCUT2D eigenvalue weighted by molar-refractivity contribution is 7.89. The second-order valence-corrected chi connectivity index (χ2v) is 11.2. The van der Waals surface area contributed by atoms with Crippen LogP contribution in [0.5, 0.6) is 5.75 Å². The summed E-state index contributed by atoms with van der Waals surface area (Å²) in [6.07, 6.45) is 2.79. The van der Waals surface area contributed by atoms with Gasteiger partial charge >= 0.3 is 5.69 Å². The van der Waals surface area contributed by atoms with E-state index < -0.39 is 10.0 Å². The molecule has 40 heavy (non-hydrogen) atoms. The molecule has 216 valence electrons. The lowest BCUT2D eigenvalue weighted by molar-refractivity contribution is 0.0376. The number of imidazole rings is 1. The number of rotatable bonds is 13. The van der Waals surface area contributed by atoms with Crippen LogP contribution in [-0.2, 0) is 26.0 Å². The highest BCUT2D eigenvalue weighted by Gasteiger charge is 2.22. The zero-order chi connectivity index (χ0) is 28.1. The molecule has 0 saturated carbocycles. The summed E-state index contributed by atoms with van der Waals surface area (Å²) in [4.78, 5) is 23.4. The molecule has 0 spiro atoms. The number of nitrogens with zero attached hydrogens (tertiary/aromatic N) is 6. The molecule has 0 aliphatic carbocycles. The Bertz CT molecular complexity index is 1620. The highest BCUT2D eigenvalue weighted by Crippen LogP contribution is 2.32. The first-order valence-corrected chi connectivity index (χ1v) is 14.8. The van der Waals surface area contributed by atoms with Crippen LogP contribution in [-0.4, -0.2) is 102 Å². The summed E-state index contributed by atoms with van der Waals surface area (Å²) in [6.45, 7) is 7.18. The number of fused-ring (bicyclic) bond motifs is 3. The van der Waals surface area contributed by atoms with Crippen LogP contribution in [0.1, 0.15) is 19.8 Å². The molecule has 2 N–H and O–H groups in total. The summed E-state index contributed by atoms with van der Waals surface area (Å²) in [7, 11) is -2.25. The number of hydrogen-bond acceptors (Lipinski definition) is 10. The van der Waals surface area contributed by atoms with Crippen LogP contribution >= 0.6 is 0 Å². The smallest absolute Gasteiger partial charge is 0.337 e. The molecule has 1 aliphatic rings. The van der Waals surface area contributed by atoms with Gasteiger partial charge in [-0.1, -0.05) is 6.92 Å². The normalized spacial score (nSPS) is 14.8. The predicted molar refractivity (Wildman–Crippen MR) is 147 cm³/mol. The van der Waals surface area contributed by atoms with E-state index in [-0.39, 0.29) is 17.1 Å². The highest BCUT2D eigenvalue weighted by atomic mass is 32.2. The number of sulfonamides is 1. The van der Waals surface area contributed by atoms with E-state index in [9.17, 15) is 13.2 Å². The van der Waals surface area contributed by atoms with Gasteiger partial charge in [-0.2, -0.15) is 0 Å². The number of aromatic nitrogens is 6. The largest absolute Gasteiger partial charge is 0.493 e. The summed E-state index contributed by atoms with van der Waals surface area (Å²) < 4.78 is 48.5. The number of H-pyrrole nitrogens is 1. The Balaban J connectivity index is 1.48. The second kappa shape index (κ2) is 12.4. The minimum Gasteiger partial charge on any atom is -0.493 e. The summed E-state index contributed by atoms with van der Waals surface area (Å²) in [5, 5.41) is 7.97. The van der Waals surface area contributed by atoms with Gasteiger partial charge in [-0.05, 0) is 37.6 Å². The molecule has 1 saturated heterocycles. The number of benzene rings is 1. The predicted octanol–water partition coefficient (Wildman–Crippen LogP) is 0.870. The molecule has 0 radical (unpaired) electrons. The van der Waals surface area contributed by atoms with Gasteiger partial charge in [-0.15, -0.1) is 10.2 Å². The Hall–Kier alpha value is -3.37. The van der Waals surface area contributed by atoms with E-state index in [0.717, 1.165) is 26.1 Å². The van der Waals surface area contributed by atoms with Crippen molar-refractivity contribution in [3.8, 4) is 17.1 Å². The molecule has 1 fully saturated rings. The zero-order valence-corrected chi connectivity index (χ0v) is 23.4. The molecule has 14 nitrogen and oxygen atoms in total. The number of methoxy groups -OCH3 is 1. The van der Waals surface area contributed by atoms with Crippen LogP contribution < -0.4 is 15.1 Å². The Morgan fingerprint density at radius 3 is 2.75 bits per heavy atom. The van der Waals surface area contributed by atoms with Gasteiger partial charge in [0.25, 0.3) is 0 Å². The Labute approximate surface area is 231 Å². The standard InChI is InChI=1S/C25H34N8O6S/c1-3-12-39-20-6-5-18(40(35,36)27-7-4-8-31-9-14-38-15-10-31)16-19(20)22-28-21-23(29-22)32(11-13-37-2)25(34)33-17-26-30-24(21)33/h5-6,16-17,27H,3-4,7-15H2,1-2H3,(H,28,29). The third-order valence-electron chi connectivity index (χ3n) is 6.69. The van der Waals surface area contributed by atoms with Gasteiger partial charge in [0, 0.05) is 26.7 Å². The zero-order valence-electron chi connectivity index (χ0n) is 22.6. The first-order valence-electron chi connectivity index (χ1n) is 13.3. The molecule has 4 aromatic rings. The number of morpholine rings is 1. The Morgan fingerprint density at radius 1 is 1.15 bits per heavy atom. The van der Waals surface area contributed by atoms with E-state index >= 15 is 0 Å². The maximum absolute atomic E-state index is 13.2. The minimum atomic E-state index is -3.80. The van der Waals surface area contributed by atoms with Crippen LogP contribution in [0.25, 0.3) is 28.2 Å². The van der Waals surface area contributed by atoms with Crippen LogP contribution in [0, 0.1) is 0 Å². The number of hydrogen-bond donors (Lipinski definition) is 2. The SMILES string of the molecule is CCCOc1ccc(S(=O)(=O)NCCCN2CCOCC2)cc1-c1nc2c([nH]1)c1nncn1c(=O)n2CCOC. The first kappa shape index (κ1) is 28.2.